The predicted molar refractivity (Wildman–Crippen MR) is 46.2 cm³/mol. The van der Waals surface area contributed by atoms with Crippen molar-refractivity contribution in [1.82, 2.24) is 0 Å². The van der Waals surface area contributed by atoms with Gasteiger partial charge in [0.1, 0.15) is 6.07 Å². The SMILES string of the molecule is C=CCC(F)(F)C(F)(F)C(F)(F)C(F)(F)OC(F)C#N. The Hall–Kier alpha value is -1.44. The Kier molecular flexibility index (Phi) is 5.11. The van der Waals surface area contributed by atoms with Crippen LogP contribution in [-0.2, 0) is 4.74 Å². The van der Waals surface area contributed by atoms with Crippen LogP contribution in [0, 0.1) is 11.3 Å². The van der Waals surface area contributed by atoms with Gasteiger partial charge in [-0.1, -0.05) is 6.08 Å². The number of hydrogen-bond acceptors (Lipinski definition) is 2. The molecule has 0 aliphatic carbocycles. The number of nitriles is 1. The Balaban J connectivity index is 5.59. The number of halogens is 9. The lowest BCUT2D eigenvalue weighted by Crippen LogP contribution is -2.63. The van der Waals surface area contributed by atoms with Crippen molar-refractivity contribution in [3.63, 3.8) is 0 Å². The van der Waals surface area contributed by atoms with E-state index in [9.17, 15) is 39.5 Å². The monoisotopic (exact) mass is 315 g/mol. The highest BCUT2D eigenvalue weighted by Gasteiger charge is 2.81. The van der Waals surface area contributed by atoms with Gasteiger partial charge in [0.25, 0.3) is 6.36 Å². The summed E-state index contributed by atoms with van der Waals surface area (Å²) in [6.45, 7) is 2.59. The number of nitrogens with zero attached hydrogens (tertiary/aromatic N) is 1. The van der Waals surface area contributed by atoms with E-state index in [1.807, 2.05) is 0 Å². The van der Waals surface area contributed by atoms with E-state index in [1.54, 1.807) is 0 Å². The molecule has 0 aliphatic heterocycles. The van der Waals surface area contributed by atoms with Crippen LogP contribution < -0.4 is 0 Å². The van der Waals surface area contributed by atoms with E-state index in [-0.39, 0.29) is 12.1 Å². The molecule has 116 valence electrons. The third-order valence-corrected chi connectivity index (χ3v) is 1.97. The average Bonchev–Trinajstić information content (AvgIpc) is 2.27. The maximum absolute atomic E-state index is 12.9. The minimum atomic E-state index is -6.77. The molecule has 0 radical (unpaired) electrons. The second kappa shape index (κ2) is 5.51. The van der Waals surface area contributed by atoms with Gasteiger partial charge in [-0.3, -0.25) is 4.74 Å². The summed E-state index contributed by atoms with van der Waals surface area (Å²) in [6.07, 6.45) is -12.0. The normalized spacial score (nSPS) is 15.6. The molecule has 20 heavy (non-hydrogen) atoms. The van der Waals surface area contributed by atoms with Crippen LogP contribution in [0.1, 0.15) is 6.42 Å². The smallest absolute Gasteiger partial charge is 0.267 e. The van der Waals surface area contributed by atoms with E-state index in [4.69, 9.17) is 5.26 Å². The van der Waals surface area contributed by atoms with E-state index in [2.05, 4.69) is 11.3 Å². The van der Waals surface area contributed by atoms with E-state index in [0.717, 1.165) is 0 Å². The molecular weight excluding hydrogens is 309 g/mol. The van der Waals surface area contributed by atoms with Crippen LogP contribution in [0.4, 0.5) is 39.5 Å². The molecule has 0 bridgehead atoms. The fourth-order valence-corrected chi connectivity index (χ4v) is 0.952. The molecule has 0 spiro atoms. The van der Waals surface area contributed by atoms with Gasteiger partial charge < -0.3 is 0 Å². The van der Waals surface area contributed by atoms with Crippen molar-refractivity contribution >= 4 is 0 Å². The Morgan fingerprint density at radius 2 is 1.50 bits per heavy atom. The highest BCUT2D eigenvalue weighted by atomic mass is 19.4. The average molecular weight is 315 g/mol. The Morgan fingerprint density at radius 3 is 1.85 bits per heavy atom. The molecule has 1 atom stereocenters. The summed E-state index contributed by atoms with van der Waals surface area (Å²) in [5.41, 5.74) is 0. The molecule has 0 N–H and O–H groups in total. The number of allylic oxidation sites excluding steroid dienone is 1. The molecule has 0 rings (SSSR count). The minimum Gasteiger partial charge on any atom is -0.267 e. The highest BCUT2D eigenvalue weighted by molar-refractivity contribution is 5.03. The van der Waals surface area contributed by atoms with Crippen LogP contribution >= 0.6 is 0 Å². The van der Waals surface area contributed by atoms with Gasteiger partial charge in [-0.2, -0.15) is 44.8 Å². The number of hydrogen-bond donors (Lipinski definition) is 0. The van der Waals surface area contributed by atoms with Crippen molar-refractivity contribution < 1.29 is 44.3 Å². The zero-order valence-electron chi connectivity index (χ0n) is 9.33. The fraction of sp³-hybridized carbons (Fsp3) is 0.667. The van der Waals surface area contributed by atoms with Gasteiger partial charge in [-0.15, -0.1) is 6.58 Å². The lowest BCUT2D eigenvalue weighted by atomic mass is 10.0. The molecule has 0 heterocycles. The molecule has 0 aliphatic rings. The first-order valence-electron chi connectivity index (χ1n) is 4.60. The van der Waals surface area contributed by atoms with Crippen molar-refractivity contribution in [2.45, 2.75) is 36.7 Å². The summed E-state index contributed by atoms with van der Waals surface area (Å²) in [5.74, 6) is -18.9. The second-order valence-corrected chi connectivity index (χ2v) is 3.43. The maximum atomic E-state index is 12.9. The first-order chi connectivity index (χ1) is 8.77. The van der Waals surface area contributed by atoms with Crippen LogP contribution in [0.2, 0.25) is 0 Å². The molecule has 11 heteroatoms. The Labute approximate surface area is 106 Å². The van der Waals surface area contributed by atoms with E-state index >= 15 is 0 Å². The predicted octanol–water partition coefficient (Wildman–Crippen LogP) is 3.90. The summed E-state index contributed by atoms with van der Waals surface area (Å²) in [4.78, 5) is 0. The third kappa shape index (κ3) is 3.00. The minimum absolute atomic E-state index is 0.107. The summed E-state index contributed by atoms with van der Waals surface area (Å²) in [6, 6.07) is 0.258. The van der Waals surface area contributed by atoms with Gasteiger partial charge in [0.15, 0.2) is 0 Å². The fourth-order valence-electron chi connectivity index (χ4n) is 0.952. The zero-order chi connectivity index (χ0) is 16.4. The van der Waals surface area contributed by atoms with Gasteiger partial charge in [0.05, 0.1) is 0 Å². The molecule has 0 aromatic rings. The molecule has 0 saturated heterocycles. The lowest BCUT2D eigenvalue weighted by molar-refractivity contribution is -0.437. The molecule has 0 aromatic heterocycles. The van der Waals surface area contributed by atoms with Crippen LogP contribution in [0.15, 0.2) is 12.7 Å². The molecule has 0 amide bonds. The molecule has 0 fully saturated rings. The van der Waals surface area contributed by atoms with E-state index < -0.39 is 36.7 Å². The number of ether oxygens (including phenoxy) is 1. The van der Waals surface area contributed by atoms with Crippen molar-refractivity contribution in [2.24, 2.45) is 0 Å². The second-order valence-electron chi connectivity index (χ2n) is 3.43. The van der Waals surface area contributed by atoms with Crippen molar-refractivity contribution in [1.29, 1.82) is 5.26 Å². The number of alkyl halides is 9. The molecular formula is C9H6F9NO. The van der Waals surface area contributed by atoms with Crippen LogP contribution in [0.3, 0.4) is 0 Å². The Bertz CT molecular complexity index is 401. The summed E-state index contributed by atoms with van der Waals surface area (Å²) in [5, 5.41) is 7.73. The quantitative estimate of drug-likeness (QED) is 0.527. The summed E-state index contributed by atoms with van der Waals surface area (Å²) < 4.78 is 117. The van der Waals surface area contributed by atoms with Crippen molar-refractivity contribution in [3.05, 3.63) is 12.7 Å². The summed E-state index contributed by atoms with van der Waals surface area (Å²) >= 11 is 0. The first kappa shape index (κ1) is 18.6. The molecule has 1 unspecified atom stereocenters. The lowest BCUT2D eigenvalue weighted by Gasteiger charge is -2.35. The van der Waals surface area contributed by atoms with Crippen LogP contribution in [0.5, 0.6) is 0 Å². The molecule has 0 saturated carbocycles. The standard InChI is InChI=1S/C9H6F9NO/c1-2-3-6(11,12)7(13,14)8(15,16)9(17,18)20-5(10)4-19/h2,5H,1,3H2. The van der Waals surface area contributed by atoms with Gasteiger partial charge in [0.2, 0.25) is 0 Å². The topological polar surface area (TPSA) is 33.0 Å². The van der Waals surface area contributed by atoms with Crippen LogP contribution in [0.25, 0.3) is 0 Å². The van der Waals surface area contributed by atoms with Crippen LogP contribution in [-0.4, -0.2) is 30.2 Å². The molecule has 0 aromatic carbocycles. The van der Waals surface area contributed by atoms with Crippen molar-refractivity contribution in [3.8, 4) is 6.07 Å². The van der Waals surface area contributed by atoms with E-state index in [0.29, 0.717) is 0 Å². The third-order valence-electron chi connectivity index (χ3n) is 1.97. The van der Waals surface area contributed by atoms with Crippen molar-refractivity contribution in [2.75, 3.05) is 0 Å². The van der Waals surface area contributed by atoms with Gasteiger partial charge >= 0.3 is 23.9 Å². The van der Waals surface area contributed by atoms with Gasteiger partial charge in [-0.25, -0.2) is 0 Å². The Morgan fingerprint density at radius 1 is 1.05 bits per heavy atom. The van der Waals surface area contributed by atoms with Gasteiger partial charge in [0, 0.05) is 6.42 Å². The molecule has 2 nitrogen and oxygen atoms in total. The zero-order valence-corrected chi connectivity index (χ0v) is 9.33. The largest absolute Gasteiger partial charge is 0.429 e. The maximum Gasteiger partial charge on any atom is 0.429 e. The summed E-state index contributed by atoms with van der Waals surface area (Å²) in [7, 11) is 0. The van der Waals surface area contributed by atoms with Gasteiger partial charge in [-0.05, 0) is 0 Å². The first-order valence-corrected chi connectivity index (χ1v) is 4.60. The van der Waals surface area contributed by atoms with E-state index in [1.165, 1.54) is 0 Å². The highest BCUT2D eigenvalue weighted by Crippen LogP contribution is 2.54. The number of rotatable bonds is 7.